The Hall–Kier alpha value is -1.02. The number of ether oxygens (including phenoxy) is 1. The molecule has 0 heterocycles. The smallest absolute Gasteiger partial charge is 0.119 e. The fourth-order valence-corrected chi connectivity index (χ4v) is 3.19. The van der Waals surface area contributed by atoms with Crippen LogP contribution >= 0.6 is 0 Å². The quantitative estimate of drug-likeness (QED) is 0.877. The maximum Gasteiger partial charge on any atom is 0.119 e. The molecule has 1 aromatic carbocycles. The first-order chi connectivity index (χ1) is 9.08. The zero-order chi connectivity index (χ0) is 13.8. The van der Waals surface area contributed by atoms with Gasteiger partial charge >= 0.3 is 0 Å². The summed E-state index contributed by atoms with van der Waals surface area (Å²) in [4.78, 5) is 0. The van der Waals surface area contributed by atoms with Crippen LogP contribution in [0.1, 0.15) is 58.1 Å². The predicted molar refractivity (Wildman–Crippen MR) is 80.3 cm³/mol. The van der Waals surface area contributed by atoms with Crippen molar-refractivity contribution in [3.8, 4) is 5.75 Å². The minimum Gasteiger partial charge on any atom is -0.490 e. The molecule has 3 unspecified atom stereocenters. The van der Waals surface area contributed by atoms with Crippen molar-refractivity contribution in [3.05, 3.63) is 29.8 Å². The molecular weight excluding hydrogens is 234 g/mol. The molecule has 1 saturated carbocycles. The Kier molecular flexibility index (Phi) is 4.87. The van der Waals surface area contributed by atoms with E-state index in [1.54, 1.807) is 0 Å². The SMILES string of the molecule is CCC(N)c1ccc(OC2CC(C)CC(C)C2)cc1. The van der Waals surface area contributed by atoms with Gasteiger partial charge < -0.3 is 10.5 Å². The van der Waals surface area contributed by atoms with Gasteiger partial charge in [-0.3, -0.25) is 0 Å². The maximum absolute atomic E-state index is 6.12. The Morgan fingerprint density at radius 1 is 1.11 bits per heavy atom. The molecule has 0 saturated heterocycles. The van der Waals surface area contributed by atoms with Crippen molar-refractivity contribution in [2.75, 3.05) is 0 Å². The van der Waals surface area contributed by atoms with Gasteiger partial charge in [0.1, 0.15) is 5.75 Å². The van der Waals surface area contributed by atoms with Crippen molar-refractivity contribution in [1.82, 2.24) is 0 Å². The zero-order valence-electron chi connectivity index (χ0n) is 12.4. The molecule has 3 atom stereocenters. The van der Waals surface area contributed by atoms with Gasteiger partial charge in [0.05, 0.1) is 6.10 Å². The van der Waals surface area contributed by atoms with E-state index in [1.807, 2.05) is 0 Å². The van der Waals surface area contributed by atoms with Crippen LogP contribution in [0.25, 0.3) is 0 Å². The number of nitrogens with two attached hydrogens (primary N) is 1. The molecule has 0 radical (unpaired) electrons. The van der Waals surface area contributed by atoms with E-state index in [9.17, 15) is 0 Å². The van der Waals surface area contributed by atoms with Crippen molar-refractivity contribution >= 4 is 0 Å². The highest BCUT2D eigenvalue weighted by atomic mass is 16.5. The van der Waals surface area contributed by atoms with E-state index in [2.05, 4.69) is 45.0 Å². The van der Waals surface area contributed by atoms with E-state index >= 15 is 0 Å². The minimum atomic E-state index is 0.142. The first-order valence-corrected chi connectivity index (χ1v) is 7.60. The molecule has 1 aliphatic rings. The van der Waals surface area contributed by atoms with Crippen molar-refractivity contribution in [3.63, 3.8) is 0 Å². The van der Waals surface area contributed by atoms with Crippen molar-refractivity contribution in [2.45, 2.75) is 58.6 Å². The highest BCUT2D eigenvalue weighted by Gasteiger charge is 2.25. The van der Waals surface area contributed by atoms with E-state index in [1.165, 1.54) is 24.8 Å². The Balaban J connectivity index is 1.95. The lowest BCUT2D eigenvalue weighted by Crippen LogP contribution is -2.28. The summed E-state index contributed by atoms with van der Waals surface area (Å²) in [6, 6.07) is 8.46. The van der Waals surface area contributed by atoms with Crippen molar-refractivity contribution in [1.29, 1.82) is 0 Å². The van der Waals surface area contributed by atoms with Crippen LogP contribution in [0.15, 0.2) is 24.3 Å². The van der Waals surface area contributed by atoms with Gasteiger partial charge in [-0.25, -0.2) is 0 Å². The van der Waals surface area contributed by atoms with Crippen LogP contribution in [0.5, 0.6) is 5.75 Å². The average molecular weight is 261 g/mol. The number of benzene rings is 1. The summed E-state index contributed by atoms with van der Waals surface area (Å²) in [7, 11) is 0. The lowest BCUT2D eigenvalue weighted by molar-refractivity contribution is 0.101. The standard InChI is InChI=1S/C17H27NO/c1-4-17(18)14-5-7-15(8-6-14)19-16-10-12(2)9-13(3)11-16/h5-8,12-13,16-17H,4,9-11,18H2,1-3H3. The molecule has 0 spiro atoms. The van der Waals surface area contributed by atoms with Crippen LogP contribution in [0.4, 0.5) is 0 Å². The van der Waals surface area contributed by atoms with Gasteiger partial charge in [0.15, 0.2) is 0 Å². The van der Waals surface area contributed by atoms with E-state index < -0.39 is 0 Å². The summed E-state index contributed by atoms with van der Waals surface area (Å²) in [5.74, 6) is 2.54. The molecule has 2 N–H and O–H groups in total. The van der Waals surface area contributed by atoms with E-state index in [4.69, 9.17) is 10.5 Å². The Labute approximate surface area is 117 Å². The Bertz CT molecular complexity index is 377. The number of hydrogen-bond donors (Lipinski definition) is 1. The molecule has 0 bridgehead atoms. The molecule has 19 heavy (non-hydrogen) atoms. The molecular formula is C17H27NO. The summed E-state index contributed by atoms with van der Waals surface area (Å²) in [5, 5.41) is 0. The van der Waals surface area contributed by atoms with Crippen molar-refractivity contribution < 1.29 is 4.74 Å². The number of rotatable bonds is 4. The topological polar surface area (TPSA) is 35.2 Å². The molecule has 2 heteroatoms. The second kappa shape index (κ2) is 6.42. The van der Waals surface area contributed by atoms with Crippen molar-refractivity contribution in [2.24, 2.45) is 17.6 Å². The van der Waals surface area contributed by atoms with Crippen LogP contribution in [0.3, 0.4) is 0 Å². The van der Waals surface area contributed by atoms with E-state index in [0.29, 0.717) is 6.10 Å². The second-order valence-corrected chi connectivity index (χ2v) is 6.24. The zero-order valence-corrected chi connectivity index (χ0v) is 12.4. The normalized spacial score (nSPS) is 28.9. The molecule has 1 aliphatic carbocycles. The lowest BCUT2D eigenvalue weighted by Gasteiger charge is -2.31. The molecule has 1 fully saturated rings. The van der Waals surface area contributed by atoms with Gasteiger partial charge in [0, 0.05) is 6.04 Å². The van der Waals surface area contributed by atoms with Crippen LogP contribution in [0.2, 0.25) is 0 Å². The highest BCUT2D eigenvalue weighted by molar-refractivity contribution is 5.29. The van der Waals surface area contributed by atoms with Gasteiger partial charge in [-0.2, -0.15) is 0 Å². The molecule has 2 rings (SSSR count). The van der Waals surface area contributed by atoms with Gasteiger partial charge in [0.25, 0.3) is 0 Å². The third-order valence-corrected chi connectivity index (χ3v) is 4.19. The monoisotopic (exact) mass is 261 g/mol. The highest BCUT2D eigenvalue weighted by Crippen LogP contribution is 2.31. The molecule has 2 nitrogen and oxygen atoms in total. The minimum absolute atomic E-state index is 0.142. The van der Waals surface area contributed by atoms with Gasteiger partial charge in [-0.05, 0) is 55.2 Å². The van der Waals surface area contributed by atoms with Gasteiger partial charge in [-0.1, -0.05) is 32.9 Å². The first-order valence-electron chi connectivity index (χ1n) is 7.60. The lowest BCUT2D eigenvalue weighted by atomic mass is 9.82. The first kappa shape index (κ1) is 14.4. The summed E-state index contributed by atoms with van der Waals surface area (Å²) < 4.78 is 6.12. The molecule has 106 valence electrons. The summed E-state index contributed by atoms with van der Waals surface area (Å²) in [6.07, 6.45) is 5.05. The third-order valence-electron chi connectivity index (χ3n) is 4.19. The Morgan fingerprint density at radius 3 is 2.21 bits per heavy atom. The summed E-state index contributed by atoms with van der Waals surface area (Å²) in [6.45, 7) is 6.77. The van der Waals surface area contributed by atoms with Crippen LogP contribution in [0, 0.1) is 11.8 Å². The molecule has 1 aromatic rings. The predicted octanol–water partition coefficient (Wildman–Crippen LogP) is 4.30. The van der Waals surface area contributed by atoms with E-state index in [0.717, 1.165) is 24.0 Å². The van der Waals surface area contributed by atoms with E-state index in [-0.39, 0.29) is 6.04 Å². The third kappa shape index (κ3) is 3.97. The fraction of sp³-hybridized carbons (Fsp3) is 0.647. The number of hydrogen-bond acceptors (Lipinski definition) is 2. The van der Waals surface area contributed by atoms with Gasteiger partial charge in [-0.15, -0.1) is 0 Å². The van der Waals surface area contributed by atoms with Crippen LogP contribution < -0.4 is 10.5 Å². The fourth-order valence-electron chi connectivity index (χ4n) is 3.19. The van der Waals surface area contributed by atoms with Crippen LogP contribution in [-0.4, -0.2) is 6.10 Å². The molecule has 0 aromatic heterocycles. The summed E-state index contributed by atoms with van der Waals surface area (Å²) in [5.41, 5.74) is 7.22. The maximum atomic E-state index is 6.12. The second-order valence-electron chi connectivity index (χ2n) is 6.24. The van der Waals surface area contributed by atoms with Crippen LogP contribution in [-0.2, 0) is 0 Å². The van der Waals surface area contributed by atoms with Gasteiger partial charge in [0.2, 0.25) is 0 Å². The average Bonchev–Trinajstić information content (AvgIpc) is 2.37. The molecule has 0 amide bonds. The summed E-state index contributed by atoms with van der Waals surface area (Å²) >= 11 is 0. The largest absolute Gasteiger partial charge is 0.490 e. The Morgan fingerprint density at radius 2 is 1.68 bits per heavy atom. The molecule has 0 aliphatic heterocycles.